The van der Waals surface area contributed by atoms with E-state index in [4.69, 9.17) is 0 Å². The summed E-state index contributed by atoms with van der Waals surface area (Å²) in [5.74, 6) is 0.999. The summed E-state index contributed by atoms with van der Waals surface area (Å²) in [6.45, 7) is 5.00. The molecule has 100 valence electrons. The largest absolute Gasteiger partial charge is 0.394 e. The summed E-state index contributed by atoms with van der Waals surface area (Å²) in [6, 6.07) is 0.129. The number of nitrogens with zero attached hydrogens (tertiary/aromatic N) is 3. The normalized spacial score (nSPS) is 19.8. The van der Waals surface area contributed by atoms with Gasteiger partial charge in [0, 0.05) is 12.5 Å². The summed E-state index contributed by atoms with van der Waals surface area (Å²) in [4.78, 5) is 10.9. The zero-order valence-corrected chi connectivity index (χ0v) is 11.0. The van der Waals surface area contributed by atoms with Gasteiger partial charge in [-0.25, -0.2) is 9.97 Å². The van der Waals surface area contributed by atoms with Gasteiger partial charge in [0.25, 0.3) is 0 Å². The SMILES string of the molecule is CC(C)c1ncc(N2CCCC2CO)c(CO)n1. The van der Waals surface area contributed by atoms with Crippen LogP contribution in [0.15, 0.2) is 6.20 Å². The molecule has 2 rings (SSSR count). The molecule has 1 aromatic rings. The van der Waals surface area contributed by atoms with Gasteiger partial charge in [-0.05, 0) is 12.8 Å². The van der Waals surface area contributed by atoms with Crippen LogP contribution in [0.25, 0.3) is 0 Å². The van der Waals surface area contributed by atoms with Crippen molar-refractivity contribution in [3.63, 3.8) is 0 Å². The van der Waals surface area contributed by atoms with Gasteiger partial charge in [0.1, 0.15) is 5.82 Å². The zero-order valence-electron chi connectivity index (χ0n) is 11.0. The highest BCUT2D eigenvalue weighted by Gasteiger charge is 2.26. The molecule has 1 aliphatic rings. The summed E-state index contributed by atoms with van der Waals surface area (Å²) in [6.07, 6.45) is 3.82. The van der Waals surface area contributed by atoms with Crippen molar-refractivity contribution in [2.75, 3.05) is 18.1 Å². The molecule has 1 aromatic heterocycles. The minimum atomic E-state index is -0.0910. The first kappa shape index (κ1) is 13.2. The van der Waals surface area contributed by atoms with E-state index in [2.05, 4.69) is 14.9 Å². The van der Waals surface area contributed by atoms with Gasteiger partial charge >= 0.3 is 0 Å². The quantitative estimate of drug-likeness (QED) is 0.837. The number of aromatic nitrogens is 2. The highest BCUT2D eigenvalue weighted by molar-refractivity contribution is 5.51. The van der Waals surface area contributed by atoms with E-state index in [1.807, 2.05) is 13.8 Å². The number of anilines is 1. The van der Waals surface area contributed by atoms with Crippen molar-refractivity contribution in [3.05, 3.63) is 17.7 Å². The maximum Gasteiger partial charge on any atom is 0.131 e. The van der Waals surface area contributed by atoms with Gasteiger partial charge in [-0.2, -0.15) is 0 Å². The first-order valence-corrected chi connectivity index (χ1v) is 6.51. The maximum absolute atomic E-state index is 9.46. The highest BCUT2D eigenvalue weighted by atomic mass is 16.3. The van der Waals surface area contributed by atoms with Gasteiger partial charge in [0.15, 0.2) is 0 Å². The molecular weight excluding hydrogens is 230 g/mol. The van der Waals surface area contributed by atoms with E-state index in [9.17, 15) is 10.2 Å². The number of hydrogen-bond donors (Lipinski definition) is 2. The third-order valence-corrected chi connectivity index (χ3v) is 3.43. The Labute approximate surface area is 107 Å². The van der Waals surface area contributed by atoms with E-state index >= 15 is 0 Å². The lowest BCUT2D eigenvalue weighted by atomic mass is 10.2. The summed E-state index contributed by atoms with van der Waals surface area (Å²) in [5.41, 5.74) is 1.52. The first-order chi connectivity index (χ1) is 8.67. The molecule has 5 nitrogen and oxygen atoms in total. The number of hydrogen-bond acceptors (Lipinski definition) is 5. The third kappa shape index (κ3) is 2.47. The van der Waals surface area contributed by atoms with Crippen molar-refractivity contribution in [1.82, 2.24) is 9.97 Å². The smallest absolute Gasteiger partial charge is 0.131 e. The Balaban J connectivity index is 2.32. The summed E-state index contributed by atoms with van der Waals surface area (Å²) in [7, 11) is 0. The van der Waals surface area contributed by atoms with Crippen LogP contribution < -0.4 is 4.90 Å². The Morgan fingerprint density at radius 2 is 2.22 bits per heavy atom. The fourth-order valence-corrected chi connectivity index (χ4v) is 2.40. The Hall–Kier alpha value is -1.20. The van der Waals surface area contributed by atoms with Gasteiger partial charge in [-0.1, -0.05) is 13.8 Å². The lowest BCUT2D eigenvalue weighted by Crippen LogP contribution is -2.33. The van der Waals surface area contributed by atoms with E-state index in [0.717, 1.165) is 30.9 Å². The summed E-state index contributed by atoms with van der Waals surface area (Å²) in [5, 5.41) is 18.8. The molecule has 1 unspecified atom stereocenters. The molecule has 0 spiro atoms. The molecule has 0 amide bonds. The van der Waals surface area contributed by atoms with E-state index in [1.54, 1.807) is 6.20 Å². The Kier molecular flexibility index (Phi) is 4.14. The van der Waals surface area contributed by atoms with Crippen LogP contribution in [-0.2, 0) is 6.61 Å². The summed E-state index contributed by atoms with van der Waals surface area (Å²) >= 11 is 0. The van der Waals surface area contributed by atoms with E-state index in [-0.39, 0.29) is 25.2 Å². The van der Waals surface area contributed by atoms with Crippen LogP contribution in [0.5, 0.6) is 0 Å². The minimum absolute atomic E-state index is 0.0910. The monoisotopic (exact) mass is 251 g/mol. The second-order valence-electron chi connectivity index (χ2n) is 5.04. The molecule has 1 aliphatic heterocycles. The Morgan fingerprint density at radius 3 is 2.83 bits per heavy atom. The second kappa shape index (κ2) is 5.63. The van der Waals surface area contributed by atoms with Crippen molar-refractivity contribution in [1.29, 1.82) is 0 Å². The predicted molar refractivity (Wildman–Crippen MR) is 69.5 cm³/mol. The highest BCUT2D eigenvalue weighted by Crippen LogP contribution is 2.28. The average molecular weight is 251 g/mol. The Morgan fingerprint density at radius 1 is 1.44 bits per heavy atom. The van der Waals surface area contributed by atoms with E-state index < -0.39 is 0 Å². The van der Waals surface area contributed by atoms with Gasteiger partial charge in [0.2, 0.25) is 0 Å². The molecule has 0 aliphatic carbocycles. The van der Waals surface area contributed by atoms with Crippen LogP contribution in [0.3, 0.4) is 0 Å². The summed E-state index contributed by atoms with van der Waals surface area (Å²) < 4.78 is 0. The lowest BCUT2D eigenvalue weighted by Gasteiger charge is -2.26. The molecule has 1 fully saturated rings. The van der Waals surface area contributed by atoms with Crippen LogP contribution in [0.4, 0.5) is 5.69 Å². The topological polar surface area (TPSA) is 69.5 Å². The fourth-order valence-electron chi connectivity index (χ4n) is 2.40. The molecular formula is C13H21N3O2. The van der Waals surface area contributed by atoms with Crippen LogP contribution >= 0.6 is 0 Å². The van der Waals surface area contributed by atoms with Crippen LogP contribution in [0, 0.1) is 0 Å². The number of aliphatic hydroxyl groups excluding tert-OH is 2. The van der Waals surface area contributed by atoms with Crippen LogP contribution in [0.1, 0.15) is 44.1 Å². The average Bonchev–Trinajstić information content (AvgIpc) is 2.85. The molecule has 18 heavy (non-hydrogen) atoms. The molecule has 1 saturated heterocycles. The van der Waals surface area contributed by atoms with Gasteiger partial charge in [0.05, 0.1) is 36.8 Å². The van der Waals surface area contributed by atoms with E-state index in [1.165, 1.54) is 0 Å². The van der Waals surface area contributed by atoms with Crippen LogP contribution in [0.2, 0.25) is 0 Å². The molecule has 2 heterocycles. The molecule has 2 N–H and O–H groups in total. The molecule has 0 radical (unpaired) electrons. The van der Waals surface area contributed by atoms with E-state index in [0.29, 0.717) is 5.69 Å². The molecule has 1 atom stereocenters. The van der Waals surface area contributed by atoms with Crippen molar-refractivity contribution < 1.29 is 10.2 Å². The van der Waals surface area contributed by atoms with Gasteiger partial charge < -0.3 is 15.1 Å². The number of aliphatic hydroxyl groups is 2. The van der Waals surface area contributed by atoms with Crippen molar-refractivity contribution >= 4 is 5.69 Å². The van der Waals surface area contributed by atoms with Crippen molar-refractivity contribution in [2.24, 2.45) is 0 Å². The van der Waals surface area contributed by atoms with Gasteiger partial charge in [-0.15, -0.1) is 0 Å². The second-order valence-corrected chi connectivity index (χ2v) is 5.04. The number of rotatable bonds is 4. The fraction of sp³-hybridized carbons (Fsp3) is 0.692. The maximum atomic E-state index is 9.46. The minimum Gasteiger partial charge on any atom is -0.394 e. The lowest BCUT2D eigenvalue weighted by molar-refractivity contribution is 0.263. The molecule has 0 saturated carbocycles. The Bertz CT molecular complexity index is 409. The van der Waals surface area contributed by atoms with Crippen LogP contribution in [-0.4, -0.2) is 39.4 Å². The van der Waals surface area contributed by atoms with Crippen molar-refractivity contribution in [3.8, 4) is 0 Å². The molecule has 5 heteroatoms. The molecule has 0 bridgehead atoms. The third-order valence-electron chi connectivity index (χ3n) is 3.43. The standard InChI is InChI=1S/C13H21N3O2/c1-9(2)13-14-6-12(11(8-18)15-13)16-5-3-4-10(16)7-17/h6,9-10,17-18H,3-5,7-8H2,1-2H3. The van der Waals surface area contributed by atoms with Crippen molar-refractivity contribution in [2.45, 2.75) is 45.3 Å². The zero-order chi connectivity index (χ0) is 13.1. The predicted octanol–water partition coefficient (Wildman–Crippen LogP) is 1.05. The molecule has 0 aromatic carbocycles. The first-order valence-electron chi connectivity index (χ1n) is 6.51. The van der Waals surface area contributed by atoms with Gasteiger partial charge in [-0.3, -0.25) is 0 Å².